The lowest BCUT2D eigenvalue weighted by Gasteiger charge is -2.15. The molecule has 0 saturated heterocycles. The number of hydrogen-bond donors (Lipinski definition) is 1. The molecule has 0 rings (SSSR count). The zero-order valence-electron chi connectivity index (χ0n) is 9.93. The lowest BCUT2D eigenvalue weighted by molar-refractivity contribution is -0.144. The summed E-state index contributed by atoms with van der Waals surface area (Å²) in [4.78, 5) is 13.9. The predicted molar refractivity (Wildman–Crippen MR) is 61.6 cm³/mol. The lowest BCUT2D eigenvalue weighted by atomic mass is 9.94. The summed E-state index contributed by atoms with van der Waals surface area (Å²) in [6.07, 6.45) is 1.26. The van der Waals surface area contributed by atoms with Crippen LogP contribution >= 0.6 is 0 Å². The Balaban J connectivity index is 3.78. The van der Waals surface area contributed by atoms with Crippen molar-refractivity contribution < 1.29 is 9.53 Å². The largest absolute Gasteiger partial charge is 0.466 e. The van der Waals surface area contributed by atoms with E-state index in [0.717, 1.165) is 6.42 Å². The predicted octanol–water partition coefficient (Wildman–Crippen LogP) is 1.85. The van der Waals surface area contributed by atoms with E-state index in [0.29, 0.717) is 18.9 Å². The van der Waals surface area contributed by atoms with Gasteiger partial charge in [0.25, 0.3) is 0 Å². The maximum atomic E-state index is 11.3. The van der Waals surface area contributed by atoms with Crippen molar-refractivity contribution in [1.29, 1.82) is 0 Å². The van der Waals surface area contributed by atoms with Gasteiger partial charge in [-0.25, -0.2) is 0 Å². The Morgan fingerprint density at radius 3 is 2.75 bits per heavy atom. The van der Waals surface area contributed by atoms with Crippen LogP contribution in [0.25, 0.3) is 10.4 Å². The Morgan fingerprint density at radius 2 is 2.25 bits per heavy atom. The van der Waals surface area contributed by atoms with Crippen LogP contribution in [-0.4, -0.2) is 25.7 Å². The molecule has 0 amide bonds. The van der Waals surface area contributed by atoms with Crippen molar-refractivity contribution in [3.05, 3.63) is 10.4 Å². The fourth-order valence-corrected chi connectivity index (χ4v) is 1.47. The molecule has 0 heterocycles. The highest BCUT2D eigenvalue weighted by Crippen LogP contribution is 2.14. The van der Waals surface area contributed by atoms with Gasteiger partial charge in [-0.2, -0.15) is 0 Å². The summed E-state index contributed by atoms with van der Waals surface area (Å²) in [6, 6.07) is 0. The Bertz CT molecular complexity index is 249. The second-order valence-corrected chi connectivity index (χ2v) is 4.11. The molecule has 0 spiro atoms. The van der Waals surface area contributed by atoms with Crippen molar-refractivity contribution in [1.82, 2.24) is 0 Å². The highest BCUT2D eigenvalue weighted by molar-refractivity contribution is 5.69. The topological polar surface area (TPSA) is 101 Å². The van der Waals surface area contributed by atoms with Gasteiger partial charge in [-0.05, 0) is 30.3 Å². The quantitative estimate of drug-likeness (QED) is 0.225. The third-order valence-corrected chi connectivity index (χ3v) is 2.11. The molecule has 0 aliphatic rings. The first-order chi connectivity index (χ1) is 7.60. The number of esters is 1. The van der Waals surface area contributed by atoms with E-state index in [-0.39, 0.29) is 25.0 Å². The molecule has 16 heavy (non-hydrogen) atoms. The molecule has 0 aromatic rings. The van der Waals surface area contributed by atoms with Crippen molar-refractivity contribution in [3.63, 3.8) is 0 Å². The normalized spacial score (nSPS) is 12.0. The van der Waals surface area contributed by atoms with Gasteiger partial charge in [0, 0.05) is 11.3 Å². The van der Waals surface area contributed by atoms with E-state index in [2.05, 4.69) is 23.9 Å². The molecule has 0 fully saturated rings. The van der Waals surface area contributed by atoms with Crippen LogP contribution in [0, 0.1) is 11.8 Å². The zero-order valence-corrected chi connectivity index (χ0v) is 9.93. The number of hydrogen-bond acceptors (Lipinski definition) is 4. The van der Waals surface area contributed by atoms with Gasteiger partial charge in [0.05, 0.1) is 13.2 Å². The van der Waals surface area contributed by atoms with E-state index >= 15 is 0 Å². The van der Waals surface area contributed by atoms with Crippen LogP contribution in [0.3, 0.4) is 0 Å². The molecule has 0 aliphatic carbocycles. The summed E-state index contributed by atoms with van der Waals surface area (Å²) >= 11 is 0. The first kappa shape index (κ1) is 14.7. The molecule has 2 N–H and O–H groups in total. The molecule has 0 radical (unpaired) electrons. The fourth-order valence-electron chi connectivity index (χ4n) is 1.47. The first-order valence-corrected chi connectivity index (χ1v) is 5.46. The molecule has 0 aliphatic heterocycles. The maximum absolute atomic E-state index is 11.3. The van der Waals surface area contributed by atoms with Crippen molar-refractivity contribution in [3.8, 4) is 0 Å². The Kier molecular flexibility index (Phi) is 8.29. The minimum Gasteiger partial charge on any atom is -0.466 e. The molecule has 0 saturated carbocycles. The summed E-state index contributed by atoms with van der Waals surface area (Å²) in [7, 11) is 0. The SMILES string of the molecule is CC(C)C[C@H](CN)CC(=O)OCCN=[N+]=[N-]. The second-order valence-electron chi connectivity index (χ2n) is 4.11. The summed E-state index contributed by atoms with van der Waals surface area (Å²) in [5.41, 5.74) is 13.6. The number of nitrogens with two attached hydrogens (primary N) is 1. The van der Waals surface area contributed by atoms with Gasteiger partial charge in [0.2, 0.25) is 0 Å². The molecular formula is C10H20N4O2. The third kappa shape index (κ3) is 8.08. The minimum absolute atomic E-state index is 0.141. The van der Waals surface area contributed by atoms with E-state index in [9.17, 15) is 4.79 Å². The van der Waals surface area contributed by atoms with Crippen molar-refractivity contribution in [2.75, 3.05) is 19.7 Å². The van der Waals surface area contributed by atoms with Crippen LogP contribution in [0.4, 0.5) is 0 Å². The average Bonchev–Trinajstić information content (AvgIpc) is 2.23. The second kappa shape index (κ2) is 9.00. The standard InChI is InChI=1S/C10H20N4O2/c1-8(2)5-9(7-11)6-10(15)16-4-3-13-14-12/h8-9H,3-7,11H2,1-2H3/t9-/m0/s1. The lowest BCUT2D eigenvalue weighted by Crippen LogP contribution is -2.21. The summed E-state index contributed by atoms with van der Waals surface area (Å²) < 4.78 is 4.90. The van der Waals surface area contributed by atoms with Gasteiger partial charge in [-0.3, -0.25) is 4.79 Å². The van der Waals surface area contributed by atoms with Crippen LogP contribution in [-0.2, 0) is 9.53 Å². The number of carbonyl (C=O) groups excluding carboxylic acids is 1. The van der Waals surface area contributed by atoms with E-state index < -0.39 is 0 Å². The highest BCUT2D eigenvalue weighted by atomic mass is 16.5. The minimum atomic E-state index is -0.274. The Labute approximate surface area is 95.8 Å². The number of azide groups is 1. The van der Waals surface area contributed by atoms with Gasteiger partial charge in [0.1, 0.15) is 0 Å². The molecule has 0 bridgehead atoms. The molecule has 0 aromatic carbocycles. The Morgan fingerprint density at radius 1 is 1.56 bits per heavy atom. The molecule has 92 valence electrons. The first-order valence-electron chi connectivity index (χ1n) is 5.46. The smallest absolute Gasteiger partial charge is 0.306 e. The van der Waals surface area contributed by atoms with E-state index in [1.165, 1.54) is 0 Å². The van der Waals surface area contributed by atoms with Crippen LogP contribution in [0.5, 0.6) is 0 Å². The van der Waals surface area contributed by atoms with Gasteiger partial charge in [-0.15, -0.1) is 0 Å². The van der Waals surface area contributed by atoms with Crippen LogP contribution in [0.15, 0.2) is 5.11 Å². The van der Waals surface area contributed by atoms with Gasteiger partial charge in [-0.1, -0.05) is 19.0 Å². The summed E-state index contributed by atoms with van der Waals surface area (Å²) in [5.74, 6) is 0.417. The van der Waals surface area contributed by atoms with Gasteiger partial charge in [0.15, 0.2) is 0 Å². The van der Waals surface area contributed by atoms with Gasteiger partial charge >= 0.3 is 5.97 Å². The third-order valence-electron chi connectivity index (χ3n) is 2.11. The van der Waals surface area contributed by atoms with E-state index in [4.69, 9.17) is 16.0 Å². The maximum Gasteiger partial charge on any atom is 0.306 e. The molecule has 6 heteroatoms. The monoisotopic (exact) mass is 228 g/mol. The summed E-state index contributed by atoms with van der Waals surface area (Å²) in [6.45, 7) is 5.00. The summed E-state index contributed by atoms with van der Waals surface area (Å²) in [5, 5.41) is 3.27. The molecule has 0 unspecified atom stereocenters. The number of rotatable bonds is 8. The molecular weight excluding hydrogens is 208 g/mol. The van der Waals surface area contributed by atoms with E-state index in [1.807, 2.05) is 0 Å². The van der Waals surface area contributed by atoms with Crippen LogP contribution in [0.2, 0.25) is 0 Å². The van der Waals surface area contributed by atoms with Crippen LogP contribution < -0.4 is 5.73 Å². The van der Waals surface area contributed by atoms with Crippen molar-refractivity contribution in [2.24, 2.45) is 22.7 Å². The van der Waals surface area contributed by atoms with Crippen LogP contribution in [0.1, 0.15) is 26.7 Å². The van der Waals surface area contributed by atoms with E-state index in [1.54, 1.807) is 0 Å². The highest BCUT2D eigenvalue weighted by Gasteiger charge is 2.14. The fraction of sp³-hybridized carbons (Fsp3) is 0.900. The Hall–Kier alpha value is -1.26. The zero-order chi connectivity index (χ0) is 12.4. The van der Waals surface area contributed by atoms with Crippen molar-refractivity contribution >= 4 is 5.97 Å². The van der Waals surface area contributed by atoms with Crippen molar-refractivity contribution in [2.45, 2.75) is 26.7 Å². The number of carbonyl (C=O) groups is 1. The number of ether oxygens (including phenoxy) is 1. The molecule has 0 aromatic heterocycles. The average molecular weight is 228 g/mol. The molecule has 1 atom stereocenters. The number of nitrogens with zero attached hydrogens (tertiary/aromatic N) is 3. The molecule has 6 nitrogen and oxygen atoms in total. The van der Waals surface area contributed by atoms with Gasteiger partial charge < -0.3 is 10.5 Å².